The third kappa shape index (κ3) is 2.63. The van der Waals surface area contributed by atoms with Gasteiger partial charge in [-0.25, -0.2) is 0 Å². The van der Waals surface area contributed by atoms with Crippen LogP contribution in [0.3, 0.4) is 0 Å². The second kappa shape index (κ2) is 5.47. The highest BCUT2D eigenvalue weighted by Crippen LogP contribution is 2.42. The van der Waals surface area contributed by atoms with Crippen molar-refractivity contribution in [3.63, 3.8) is 0 Å². The maximum absolute atomic E-state index is 13.4. The minimum Gasteiger partial charge on any atom is -0.327 e. The summed E-state index contributed by atoms with van der Waals surface area (Å²) in [5.74, 6) is -0.830. The fourth-order valence-electron chi connectivity index (χ4n) is 2.54. The lowest BCUT2D eigenvalue weighted by Crippen LogP contribution is -2.67. The second-order valence-corrected chi connectivity index (χ2v) is 5.16. The number of hydrogen-bond acceptors (Lipinski definition) is 2. The first-order chi connectivity index (χ1) is 8.26. The third-order valence-electron chi connectivity index (χ3n) is 3.50. The Labute approximate surface area is 106 Å². The van der Waals surface area contributed by atoms with E-state index in [0.717, 1.165) is 4.90 Å². The van der Waals surface area contributed by atoms with Gasteiger partial charge in [0.2, 0.25) is 5.91 Å². The first kappa shape index (κ1) is 15.3. The summed E-state index contributed by atoms with van der Waals surface area (Å²) in [6.45, 7) is 3.22. The fraction of sp³-hybridized carbons (Fsp3) is 0.917. The van der Waals surface area contributed by atoms with E-state index >= 15 is 0 Å². The summed E-state index contributed by atoms with van der Waals surface area (Å²) in [6.07, 6.45) is -3.28. The lowest BCUT2D eigenvalue weighted by atomic mass is 9.84. The smallest absolute Gasteiger partial charge is 0.327 e. The number of likely N-dealkylation sites (N-methyl/N-ethyl adjacent to an activating group) is 1. The van der Waals surface area contributed by atoms with Gasteiger partial charge in [-0.05, 0) is 26.3 Å². The number of alkyl halides is 3. The minimum absolute atomic E-state index is 0.0181. The summed E-state index contributed by atoms with van der Waals surface area (Å²) in [5.41, 5.74) is -2.04. The lowest BCUT2D eigenvalue weighted by molar-refractivity contribution is -0.239. The quantitative estimate of drug-likeness (QED) is 0.849. The monoisotopic (exact) mass is 266 g/mol. The van der Waals surface area contributed by atoms with E-state index in [0.29, 0.717) is 12.8 Å². The van der Waals surface area contributed by atoms with Crippen LogP contribution in [0.4, 0.5) is 13.2 Å². The van der Waals surface area contributed by atoms with Crippen molar-refractivity contribution in [2.45, 2.75) is 44.8 Å². The Morgan fingerprint density at radius 2 is 2.00 bits per heavy atom. The molecule has 1 unspecified atom stereocenters. The first-order valence-electron chi connectivity index (χ1n) is 6.29. The Bertz CT molecular complexity index is 300. The molecular formula is C12H21F3N2O. The number of nitrogens with zero attached hydrogens (tertiary/aromatic N) is 1. The van der Waals surface area contributed by atoms with Crippen LogP contribution in [-0.4, -0.2) is 42.7 Å². The molecule has 0 aromatic rings. The van der Waals surface area contributed by atoms with E-state index in [9.17, 15) is 18.0 Å². The van der Waals surface area contributed by atoms with Gasteiger partial charge in [-0.2, -0.15) is 13.2 Å². The van der Waals surface area contributed by atoms with E-state index in [-0.39, 0.29) is 19.5 Å². The molecule has 1 fully saturated rings. The van der Waals surface area contributed by atoms with Crippen molar-refractivity contribution in [2.75, 3.05) is 20.1 Å². The average molecular weight is 266 g/mol. The molecule has 0 aromatic carbocycles. The van der Waals surface area contributed by atoms with Crippen LogP contribution in [0, 0.1) is 5.92 Å². The highest BCUT2D eigenvalue weighted by atomic mass is 19.4. The van der Waals surface area contributed by atoms with Gasteiger partial charge < -0.3 is 10.2 Å². The van der Waals surface area contributed by atoms with E-state index in [1.54, 1.807) is 13.8 Å². The largest absolute Gasteiger partial charge is 0.412 e. The zero-order valence-electron chi connectivity index (χ0n) is 11.1. The van der Waals surface area contributed by atoms with Crippen LogP contribution in [0.1, 0.15) is 33.1 Å². The molecule has 1 amide bonds. The molecule has 0 aliphatic carbocycles. The molecule has 1 saturated heterocycles. The number of carbonyl (C=O) groups is 1. The molecule has 6 heteroatoms. The van der Waals surface area contributed by atoms with E-state index in [4.69, 9.17) is 0 Å². The molecular weight excluding hydrogens is 245 g/mol. The molecule has 0 bridgehead atoms. The van der Waals surface area contributed by atoms with Gasteiger partial charge in [-0.3, -0.25) is 4.79 Å². The second-order valence-electron chi connectivity index (χ2n) is 5.16. The molecule has 0 spiro atoms. The van der Waals surface area contributed by atoms with Gasteiger partial charge in [0.1, 0.15) is 0 Å². The van der Waals surface area contributed by atoms with E-state index < -0.39 is 23.5 Å². The minimum atomic E-state index is -4.40. The number of rotatable bonds is 3. The van der Waals surface area contributed by atoms with E-state index in [1.165, 1.54) is 7.05 Å². The van der Waals surface area contributed by atoms with Gasteiger partial charge in [0, 0.05) is 19.0 Å². The number of carbonyl (C=O) groups excluding carboxylic acids is 1. The van der Waals surface area contributed by atoms with Crippen LogP contribution in [0.25, 0.3) is 0 Å². The zero-order valence-corrected chi connectivity index (χ0v) is 11.1. The molecule has 1 N–H and O–H groups in total. The van der Waals surface area contributed by atoms with Gasteiger partial charge in [-0.1, -0.05) is 13.8 Å². The molecule has 0 radical (unpaired) electrons. The Kier molecular flexibility index (Phi) is 4.64. The highest BCUT2D eigenvalue weighted by molar-refractivity contribution is 5.79. The van der Waals surface area contributed by atoms with Crippen molar-refractivity contribution in [3.05, 3.63) is 0 Å². The summed E-state index contributed by atoms with van der Waals surface area (Å²) in [5, 5.41) is 2.59. The normalized spacial score (nSPS) is 25.6. The van der Waals surface area contributed by atoms with Crippen molar-refractivity contribution in [1.82, 2.24) is 10.2 Å². The SMILES string of the molecule is CNCC1(C(F)(F)F)CCCCN1C(=O)C(C)C. The first-order valence-corrected chi connectivity index (χ1v) is 6.29. The molecule has 3 nitrogen and oxygen atoms in total. The van der Waals surface area contributed by atoms with Crippen LogP contribution in [-0.2, 0) is 4.79 Å². The Morgan fingerprint density at radius 3 is 2.44 bits per heavy atom. The molecule has 18 heavy (non-hydrogen) atoms. The predicted molar refractivity (Wildman–Crippen MR) is 63.1 cm³/mol. The van der Waals surface area contributed by atoms with Gasteiger partial charge in [0.05, 0.1) is 0 Å². The standard InChI is InChI=1S/C12H21F3N2O/c1-9(2)10(18)17-7-5-4-6-11(17,8-16-3)12(13,14)15/h9,16H,4-8H2,1-3H3. The van der Waals surface area contributed by atoms with Crippen molar-refractivity contribution < 1.29 is 18.0 Å². The maximum atomic E-state index is 13.4. The highest BCUT2D eigenvalue weighted by Gasteiger charge is 2.60. The lowest BCUT2D eigenvalue weighted by Gasteiger charge is -2.48. The molecule has 1 heterocycles. The number of halogens is 3. The summed E-state index contributed by atoms with van der Waals surface area (Å²) in [7, 11) is 1.49. The van der Waals surface area contributed by atoms with Crippen LogP contribution in [0.5, 0.6) is 0 Å². The summed E-state index contributed by atoms with van der Waals surface area (Å²) in [6, 6.07) is 0. The van der Waals surface area contributed by atoms with Gasteiger partial charge in [-0.15, -0.1) is 0 Å². The van der Waals surface area contributed by atoms with Crippen LogP contribution in [0.15, 0.2) is 0 Å². The van der Waals surface area contributed by atoms with E-state index in [2.05, 4.69) is 5.32 Å². The summed E-state index contributed by atoms with van der Waals surface area (Å²) < 4.78 is 40.3. The Morgan fingerprint density at radius 1 is 1.39 bits per heavy atom. The molecule has 1 rings (SSSR count). The van der Waals surface area contributed by atoms with Crippen molar-refractivity contribution in [3.8, 4) is 0 Å². The Hall–Kier alpha value is -0.780. The van der Waals surface area contributed by atoms with Crippen LogP contribution >= 0.6 is 0 Å². The van der Waals surface area contributed by atoms with Crippen molar-refractivity contribution in [2.24, 2.45) is 5.92 Å². The predicted octanol–water partition coefficient (Wildman–Crippen LogP) is 2.18. The number of nitrogens with one attached hydrogen (secondary N) is 1. The number of hydrogen-bond donors (Lipinski definition) is 1. The maximum Gasteiger partial charge on any atom is 0.412 e. The van der Waals surface area contributed by atoms with Crippen LogP contribution in [0.2, 0.25) is 0 Å². The van der Waals surface area contributed by atoms with Gasteiger partial charge in [0.15, 0.2) is 5.54 Å². The molecule has 1 aliphatic rings. The van der Waals surface area contributed by atoms with Gasteiger partial charge >= 0.3 is 6.18 Å². The summed E-state index contributed by atoms with van der Waals surface area (Å²) >= 11 is 0. The number of piperidine rings is 1. The number of likely N-dealkylation sites (tertiary alicyclic amines) is 1. The van der Waals surface area contributed by atoms with Gasteiger partial charge in [0.25, 0.3) is 0 Å². The fourth-order valence-corrected chi connectivity index (χ4v) is 2.54. The average Bonchev–Trinajstić information content (AvgIpc) is 2.27. The third-order valence-corrected chi connectivity index (χ3v) is 3.50. The molecule has 106 valence electrons. The van der Waals surface area contributed by atoms with Crippen molar-refractivity contribution in [1.29, 1.82) is 0 Å². The zero-order chi connectivity index (χ0) is 14.0. The molecule has 1 aliphatic heterocycles. The Balaban J connectivity index is 3.13. The molecule has 0 aromatic heterocycles. The molecule has 0 saturated carbocycles. The van der Waals surface area contributed by atoms with Crippen molar-refractivity contribution >= 4 is 5.91 Å². The number of amides is 1. The topological polar surface area (TPSA) is 32.3 Å². The van der Waals surface area contributed by atoms with Crippen LogP contribution < -0.4 is 5.32 Å². The molecule has 1 atom stereocenters. The van der Waals surface area contributed by atoms with E-state index in [1.807, 2.05) is 0 Å². The summed E-state index contributed by atoms with van der Waals surface area (Å²) in [4.78, 5) is 13.1.